The van der Waals surface area contributed by atoms with Gasteiger partial charge in [-0.25, -0.2) is 9.18 Å². The molecule has 134 valence electrons. The van der Waals surface area contributed by atoms with Gasteiger partial charge >= 0.3 is 6.03 Å². The van der Waals surface area contributed by atoms with E-state index >= 15 is 0 Å². The third-order valence-corrected chi connectivity index (χ3v) is 4.42. The fraction of sp³-hybridized carbons (Fsp3) is 0.190. The highest BCUT2D eigenvalue weighted by Gasteiger charge is 2.08. The Kier molecular flexibility index (Phi) is 5.37. The Bertz CT molecular complexity index is 917. The van der Waals surface area contributed by atoms with E-state index in [2.05, 4.69) is 10.6 Å². The smallest absolute Gasteiger partial charge is 0.319 e. The van der Waals surface area contributed by atoms with Gasteiger partial charge in [-0.3, -0.25) is 0 Å². The number of carbonyl (C=O) groups is 1. The van der Waals surface area contributed by atoms with E-state index in [9.17, 15) is 9.18 Å². The van der Waals surface area contributed by atoms with Crippen LogP contribution in [0.25, 0.3) is 0 Å². The number of aryl methyl sites for hydroxylation is 2. The second-order valence-corrected chi connectivity index (χ2v) is 6.33. The summed E-state index contributed by atoms with van der Waals surface area (Å²) >= 11 is 0. The molecule has 0 aliphatic heterocycles. The van der Waals surface area contributed by atoms with Crippen LogP contribution in [0.5, 0.6) is 0 Å². The first kappa shape index (κ1) is 17.7. The first-order chi connectivity index (χ1) is 12.5. The van der Waals surface area contributed by atoms with Crippen molar-refractivity contribution in [1.82, 2.24) is 9.88 Å². The minimum atomic E-state index is -0.271. The topological polar surface area (TPSA) is 46.1 Å². The number of hydrogen-bond donors (Lipinski definition) is 2. The predicted octanol–water partition coefficient (Wildman–Crippen LogP) is 4.61. The zero-order chi connectivity index (χ0) is 18.5. The molecule has 0 atom stereocenters. The van der Waals surface area contributed by atoms with Crippen LogP contribution in [0.4, 0.5) is 14.9 Å². The third kappa shape index (κ3) is 4.30. The van der Waals surface area contributed by atoms with E-state index < -0.39 is 0 Å². The normalized spacial score (nSPS) is 10.6. The molecular weight excluding hydrogens is 329 g/mol. The molecule has 0 aliphatic carbocycles. The maximum atomic E-state index is 13.8. The molecule has 0 spiro atoms. The van der Waals surface area contributed by atoms with Crippen LogP contribution < -0.4 is 10.6 Å². The van der Waals surface area contributed by atoms with Crippen molar-refractivity contribution in [3.8, 4) is 0 Å². The number of aromatic nitrogens is 1. The van der Waals surface area contributed by atoms with Gasteiger partial charge in [0, 0.05) is 23.1 Å². The molecule has 0 radical (unpaired) electrons. The van der Waals surface area contributed by atoms with Gasteiger partial charge in [-0.15, -0.1) is 0 Å². The fourth-order valence-electron chi connectivity index (χ4n) is 2.74. The Labute approximate surface area is 152 Å². The lowest BCUT2D eigenvalue weighted by atomic mass is 10.1. The van der Waals surface area contributed by atoms with E-state index in [1.807, 2.05) is 61.0 Å². The molecule has 2 aromatic carbocycles. The monoisotopic (exact) mass is 351 g/mol. The average molecular weight is 351 g/mol. The first-order valence-corrected chi connectivity index (χ1v) is 8.52. The van der Waals surface area contributed by atoms with Gasteiger partial charge in [0.05, 0.1) is 13.1 Å². The van der Waals surface area contributed by atoms with Gasteiger partial charge in [-0.1, -0.05) is 24.3 Å². The molecule has 26 heavy (non-hydrogen) atoms. The molecule has 0 saturated heterocycles. The molecule has 4 nitrogen and oxygen atoms in total. The Balaban J connectivity index is 1.60. The third-order valence-electron chi connectivity index (χ3n) is 4.42. The lowest BCUT2D eigenvalue weighted by Crippen LogP contribution is -2.29. The van der Waals surface area contributed by atoms with Gasteiger partial charge in [0.15, 0.2) is 0 Å². The van der Waals surface area contributed by atoms with Crippen molar-refractivity contribution in [3.05, 3.63) is 89.0 Å². The van der Waals surface area contributed by atoms with Crippen LogP contribution in [0, 0.1) is 19.7 Å². The molecule has 1 aromatic heterocycles. The van der Waals surface area contributed by atoms with Crippen LogP contribution >= 0.6 is 0 Å². The largest absolute Gasteiger partial charge is 0.345 e. The number of benzene rings is 2. The number of carbonyl (C=O) groups excluding carboxylic acids is 1. The second kappa shape index (κ2) is 7.87. The number of anilines is 1. The van der Waals surface area contributed by atoms with Crippen molar-refractivity contribution < 1.29 is 9.18 Å². The quantitative estimate of drug-likeness (QED) is 0.692. The van der Waals surface area contributed by atoms with Gasteiger partial charge in [-0.05, 0) is 55.3 Å². The van der Waals surface area contributed by atoms with Crippen LogP contribution in [0.1, 0.15) is 22.4 Å². The highest BCUT2D eigenvalue weighted by Crippen LogP contribution is 2.14. The van der Waals surface area contributed by atoms with Crippen molar-refractivity contribution in [2.24, 2.45) is 0 Å². The van der Waals surface area contributed by atoms with Crippen LogP contribution in [0.2, 0.25) is 0 Å². The fourth-order valence-corrected chi connectivity index (χ4v) is 2.74. The SMILES string of the molecule is Cc1ccc(NC(=O)NCc2cccn2Cc2ccccc2F)cc1C. The van der Waals surface area contributed by atoms with E-state index in [0.717, 1.165) is 16.9 Å². The maximum absolute atomic E-state index is 13.8. The summed E-state index contributed by atoms with van der Waals surface area (Å²) in [6.45, 7) is 4.82. The zero-order valence-electron chi connectivity index (χ0n) is 14.9. The zero-order valence-corrected chi connectivity index (χ0v) is 14.9. The second-order valence-electron chi connectivity index (χ2n) is 6.33. The summed E-state index contributed by atoms with van der Waals surface area (Å²) in [4.78, 5) is 12.1. The van der Waals surface area contributed by atoms with E-state index in [0.29, 0.717) is 18.7 Å². The number of amides is 2. The van der Waals surface area contributed by atoms with E-state index in [1.165, 1.54) is 11.6 Å². The lowest BCUT2D eigenvalue weighted by molar-refractivity contribution is 0.251. The van der Waals surface area contributed by atoms with E-state index in [1.54, 1.807) is 12.1 Å². The summed E-state index contributed by atoms with van der Waals surface area (Å²) in [5, 5.41) is 5.68. The average Bonchev–Trinajstić information content (AvgIpc) is 3.05. The molecule has 3 rings (SSSR count). The molecule has 5 heteroatoms. The van der Waals surface area contributed by atoms with Gasteiger partial charge in [0.25, 0.3) is 0 Å². The van der Waals surface area contributed by atoms with Crippen LogP contribution in [0.15, 0.2) is 60.8 Å². The van der Waals surface area contributed by atoms with E-state index in [4.69, 9.17) is 0 Å². The molecule has 0 fully saturated rings. The van der Waals surface area contributed by atoms with Crippen LogP contribution in [-0.2, 0) is 13.1 Å². The maximum Gasteiger partial charge on any atom is 0.319 e. The Morgan fingerprint density at radius 2 is 1.85 bits per heavy atom. The van der Waals surface area contributed by atoms with Crippen molar-refractivity contribution in [2.75, 3.05) is 5.32 Å². The highest BCUT2D eigenvalue weighted by atomic mass is 19.1. The number of halogens is 1. The Morgan fingerprint density at radius 1 is 1.04 bits per heavy atom. The van der Waals surface area contributed by atoms with Gasteiger partial charge in [-0.2, -0.15) is 0 Å². The summed E-state index contributed by atoms with van der Waals surface area (Å²) in [6.07, 6.45) is 1.88. The molecule has 2 amide bonds. The first-order valence-electron chi connectivity index (χ1n) is 8.52. The molecule has 0 bridgehead atoms. The highest BCUT2D eigenvalue weighted by molar-refractivity contribution is 5.89. The van der Waals surface area contributed by atoms with Gasteiger partial charge in [0.2, 0.25) is 0 Å². The molecule has 3 aromatic rings. The Hall–Kier alpha value is -3.08. The lowest BCUT2D eigenvalue weighted by Gasteiger charge is -2.12. The molecule has 0 aliphatic rings. The van der Waals surface area contributed by atoms with Crippen LogP contribution in [0.3, 0.4) is 0 Å². The molecule has 2 N–H and O–H groups in total. The number of nitrogens with one attached hydrogen (secondary N) is 2. The predicted molar refractivity (Wildman–Crippen MR) is 102 cm³/mol. The van der Waals surface area contributed by atoms with E-state index in [-0.39, 0.29) is 11.8 Å². The number of hydrogen-bond acceptors (Lipinski definition) is 1. The molecular formula is C21H22FN3O. The minimum Gasteiger partial charge on any atom is -0.345 e. The molecule has 0 unspecified atom stereocenters. The van der Waals surface area contributed by atoms with Gasteiger partial charge in [0.1, 0.15) is 5.82 Å². The van der Waals surface area contributed by atoms with Gasteiger partial charge < -0.3 is 15.2 Å². The van der Waals surface area contributed by atoms with Crippen molar-refractivity contribution in [1.29, 1.82) is 0 Å². The standard InChI is InChI=1S/C21H22FN3O/c1-15-9-10-18(12-16(15)2)24-21(26)23-13-19-7-5-11-25(19)14-17-6-3-4-8-20(17)22/h3-12H,13-14H2,1-2H3,(H2,23,24,26). The number of rotatable bonds is 5. The van der Waals surface area contributed by atoms with Crippen molar-refractivity contribution in [3.63, 3.8) is 0 Å². The number of urea groups is 1. The summed E-state index contributed by atoms with van der Waals surface area (Å²) in [7, 11) is 0. The van der Waals surface area contributed by atoms with Crippen molar-refractivity contribution >= 4 is 11.7 Å². The molecule has 0 saturated carbocycles. The summed E-state index contributed by atoms with van der Waals surface area (Å²) < 4.78 is 15.8. The Morgan fingerprint density at radius 3 is 2.62 bits per heavy atom. The van der Waals surface area contributed by atoms with Crippen LogP contribution in [-0.4, -0.2) is 10.6 Å². The minimum absolute atomic E-state index is 0.229. The number of nitrogens with zero attached hydrogens (tertiary/aromatic N) is 1. The molecule has 1 heterocycles. The van der Waals surface area contributed by atoms with Crippen molar-refractivity contribution in [2.45, 2.75) is 26.9 Å². The summed E-state index contributed by atoms with van der Waals surface area (Å²) in [5.74, 6) is -0.229. The summed E-state index contributed by atoms with van der Waals surface area (Å²) in [6, 6.07) is 16.0. The summed E-state index contributed by atoms with van der Waals surface area (Å²) in [5.41, 5.74) is 4.59.